The molecule has 1 saturated heterocycles. The van der Waals surface area contributed by atoms with E-state index in [0.29, 0.717) is 25.1 Å². The average Bonchev–Trinajstić information content (AvgIpc) is 3.07. The van der Waals surface area contributed by atoms with E-state index in [1.54, 1.807) is 18.5 Å². The standard InChI is InChI=1S/C16H20N4OS/c1-6-17-16(18-7-1)19-8-9-21-15-4-2-13(3-5-15)10-14-11-22-12-20-14/h1-7,14,20H,8-12H2,(H,17,18,19). The highest BCUT2D eigenvalue weighted by Crippen LogP contribution is 2.17. The van der Waals surface area contributed by atoms with Crippen LogP contribution in [0.1, 0.15) is 5.56 Å². The monoisotopic (exact) mass is 316 g/mol. The number of thioether (sulfide) groups is 1. The van der Waals surface area contributed by atoms with Crippen molar-refractivity contribution in [1.29, 1.82) is 0 Å². The first-order valence-electron chi connectivity index (χ1n) is 7.44. The summed E-state index contributed by atoms with van der Waals surface area (Å²) in [5, 5.41) is 6.61. The van der Waals surface area contributed by atoms with Crippen molar-refractivity contribution in [2.24, 2.45) is 0 Å². The molecule has 0 radical (unpaired) electrons. The van der Waals surface area contributed by atoms with Crippen LogP contribution in [0.25, 0.3) is 0 Å². The van der Waals surface area contributed by atoms with Crippen molar-refractivity contribution in [1.82, 2.24) is 15.3 Å². The van der Waals surface area contributed by atoms with Crippen molar-refractivity contribution in [3.05, 3.63) is 48.3 Å². The van der Waals surface area contributed by atoms with Gasteiger partial charge in [0, 0.05) is 30.1 Å². The van der Waals surface area contributed by atoms with Crippen LogP contribution in [0.2, 0.25) is 0 Å². The Balaban J connectivity index is 1.39. The van der Waals surface area contributed by atoms with Crippen molar-refractivity contribution in [2.45, 2.75) is 12.5 Å². The predicted octanol–water partition coefficient (Wildman–Crippen LogP) is 2.17. The van der Waals surface area contributed by atoms with Gasteiger partial charge in [-0.25, -0.2) is 9.97 Å². The van der Waals surface area contributed by atoms with Crippen molar-refractivity contribution in [3.8, 4) is 5.75 Å². The molecular weight excluding hydrogens is 296 g/mol. The molecule has 0 aliphatic carbocycles. The van der Waals surface area contributed by atoms with Crippen LogP contribution in [0.15, 0.2) is 42.7 Å². The summed E-state index contributed by atoms with van der Waals surface area (Å²) in [4.78, 5) is 8.20. The second-order valence-corrected chi connectivity index (χ2v) is 6.14. The number of hydrogen-bond donors (Lipinski definition) is 2. The van der Waals surface area contributed by atoms with Crippen LogP contribution in [0.5, 0.6) is 5.75 Å². The molecule has 22 heavy (non-hydrogen) atoms. The minimum absolute atomic E-state index is 0.582. The summed E-state index contributed by atoms with van der Waals surface area (Å²) in [7, 11) is 0. The Morgan fingerprint density at radius 2 is 2.05 bits per heavy atom. The van der Waals surface area contributed by atoms with Crippen LogP contribution < -0.4 is 15.4 Å². The van der Waals surface area contributed by atoms with Gasteiger partial charge in [0.15, 0.2) is 0 Å². The molecule has 1 unspecified atom stereocenters. The minimum Gasteiger partial charge on any atom is -0.492 e. The van der Waals surface area contributed by atoms with E-state index in [4.69, 9.17) is 4.74 Å². The number of ether oxygens (including phenoxy) is 1. The van der Waals surface area contributed by atoms with E-state index in [2.05, 4.69) is 32.7 Å². The van der Waals surface area contributed by atoms with Gasteiger partial charge in [-0.2, -0.15) is 0 Å². The smallest absolute Gasteiger partial charge is 0.222 e. The molecule has 1 atom stereocenters. The molecule has 116 valence electrons. The quantitative estimate of drug-likeness (QED) is 0.764. The predicted molar refractivity (Wildman–Crippen MR) is 90.4 cm³/mol. The summed E-state index contributed by atoms with van der Waals surface area (Å²) in [5.41, 5.74) is 1.35. The molecule has 1 aliphatic rings. The summed E-state index contributed by atoms with van der Waals surface area (Å²) >= 11 is 1.96. The number of aromatic nitrogens is 2. The Bertz CT molecular complexity index is 558. The summed E-state index contributed by atoms with van der Waals surface area (Å²) in [6.07, 6.45) is 4.51. The van der Waals surface area contributed by atoms with Gasteiger partial charge in [-0.05, 0) is 30.2 Å². The van der Waals surface area contributed by atoms with E-state index < -0.39 is 0 Å². The zero-order valence-electron chi connectivity index (χ0n) is 12.4. The molecule has 1 aliphatic heterocycles. The third-order valence-electron chi connectivity index (χ3n) is 3.42. The first-order chi connectivity index (χ1) is 10.9. The van der Waals surface area contributed by atoms with Gasteiger partial charge < -0.3 is 15.4 Å². The van der Waals surface area contributed by atoms with Gasteiger partial charge in [0.25, 0.3) is 0 Å². The van der Waals surface area contributed by atoms with Gasteiger partial charge in [-0.1, -0.05) is 12.1 Å². The fraction of sp³-hybridized carbons (Fsp3) is 0.375. The normalized spacial score (nSPS) is 17.4. The van der Waals surface area contributed by atoms with E-state index in [1.807, 2.05) is 23.9 Å². The van der Waals surface area contributed by atoms with Gasteiger partial charge in [-0.3, -0.25) is 0 Å². The van der Waals surface area contributed by atoms with E-state index in [1.165, 1.54) is 11.3 Å². The number of nitrogens with one attached hydrogen (secondary N) is 2. The van der Waals surface area contributed by atoms with E-state index in [9.17, 15) is 0 Å². The van der Waals surface area contributed by atoms with Gasteiger partial charge in [-0.15, -0.1) is 11.8 Å². The first kappa shape index (κ1) is 15.1. The zero-order chi connectivity index (χ0) is 15.0. The molecule has 1 fully saturated rings. The molecule has 0 spiro atoms. The number of rotatable bonds is 7. The second-order valence-electron chi connectivity index (χ2n) is 5.11. The number of anilines is 1. The SMILES string of the molecule is c1cnc(NCCOc2ccc(CC3CSCN3)cc2)nc1. The summed E-state index contributed by atoms with van der Waals surface area (Å²) < 4.78 is 5.71. The zero-order valence-corrected chi connectivity index (χ0v) is 13.2. The van der Waals surface area contributed by atoms with Gasteiger partial charge in [0.1, 0.15) is 12.4 Å². The highest BCUT2D eigenvalue weighted by molar-refractivity contribution is 7.99. The van der Waals surface area contributed by atoms with Crippen LogP contribution in [0.3, 0.4) is 0 Å². The lowest BCUT2D eigenvalue weighted by atomic mass is 10.1. The van der Waals surface area contributed by atoms with Crippen molar-refractivity contribution >= 4 is 17.7 Å². The number of nitrogens with zero attached hydrogens (tertiary/aromatic N) is 2. The van der Waals surface area contributed by atoms with E-state index in [-0.39, 0.29) is 0 Å². The van der Waals surface area contributed by atoms with Crippen LogP contribution in [-0.2, 0) is 6.42 Å². The third-order valence-corrected chi connectivity index (χ3v) is 4.43. The molecular formula is C16H20N4OS. The maximum Gasteiger partial charge on any atom is 0.222 e. The molecule has 0 saturated carbocycles. The fourth-order valence-corrected chi connectivity index (χ4v) is 3.29. The fourth-order valence-electron chi connectivity index (χ4n) is 2.30. The summed E-state index contributed by atoms with van der Waals surface area (Å²) in [5.74, 6) is 3.80. The Labute approximate surface area is 134 Å². The van der Waals surface area contributed by atoms with Crippen LogP contribution in [0, 0.1) is 0 Å². The molecule has 5 nitrogen and oxygen atoms in total. The average molecular weight is 316 g/mol. The number of hydrogen-bond acceptors (Lipinski definition) is 6. The van der Waals surface area contributed by atoms with Gasteiger partial charge in [0.2, 0.25) is 5.95 Å². The lowest BCUT2D eigenvalue weighted by molar-refractivity contribution is 0.332. The highest BCUT2D eigenvalue weighted by atomic mass is 32.2. The molecule has 2 aromatic rings. The Kier molecular flexibility index (Phi) is 5.50. The molecule has 3 rings (SSSR count). The topological polar surface area (TPSA) is 59.1 Å². The maximum atomic E-state index is 5.71. The van der Waals surface area contributed by atoms with Gasteiger partial charge >= 0.3 is 0 Å². The van der Waals surface area contributed by atoms with E-state index in [0.717, 1.165) is 18.0 Å². The van der Waals surface area contributed by atoms with E-state index >= 15 is 0 Å². The van der Waals surface area contributed by atoms with Crippen LogP contribution in [0.4, 0.5) is 5.95 Å². The van der Waals surface area contributed by atoms with Crippen molar-refractivity contribution in [2.75, 3.05) is 30.1 Å². The molecule has 2 heterocycles. The lowest BCUT2D eigenvalue weighted by Crippen LogP contribution is -2.25. The second kappa shape index (κ2) is 8.00. The van der Waals surface area contributed by atoms with Crippen molar-refractivity contribution in [3.63, 3.8) is 0 Å². The first-order valence-corrected chi connectivity index (χ1v) is 8.59. The Hall–Kier alpha value is -1.79. The van der Waals surface area contributed by atoms with Crippen LogP contribution in [-0.4, -0.2) is 40.8 Å². The third kappa shape index (κ3) is 4.61. The summed E-state index contributed by atoms with van der Waals surface area (Å²) in [6, 6.07) is 10.8. The number of benzene rings is 1. The molecule has 1 aromatic carbocycles. The molecule has 6 heteroatoms. The molecule has 0 amide bonds. The Morgan fingerprint density at radius 3 is 2.77 bits per heavy atom. The van der Waals surface area contributed by atoms with Gasteiger partial charge in [0.05, 0.1) is 6.54 Å². The Morgan fingerprint density at radius 1 is 1.23 bits per heavy atom. The molecule has 1 aromatic heterocycles. The highest BCUT2D eigenvalue weighted by Gasteiger charge is 2.14. The molecule has 2 N–H and O–H groups in total. The van der Waals surface area contributed by atoms with Crippen molar-refractivity contribution < 1.29 is 4.74 Å². The van der Waals surface area contributed by atoms with Crippen LogP contribution >= 0.6 is 11.8 Å². The lowest BCUT2D eigenvalue weighted by Gasteiger charge is -2.11. The molecule has 0 bridgehead atoms. The minimum atomic E-state index is 0.582. The maximum absolute atomic E-state index is 5.71. The largest absolute Gasteiger partial charge is 0.492 e. The summed E-state index contributed by atoms with van der Waals surface area (Å²) in [6.45, 7) is 1.26.